The molecule has 0 atom stereocenters. The number of nitrogens with zero attached hydrogens (tertiary/aromatic N) is 1. The van der Waals surface area contributed by atoms with Crippen LogP contribution in [0.1, 0.15) is 28.6 Å². The van der Waals surface area contributed by atoms with E-state index in [2.05, 4.69) is 9.40 Å². The number of hydrogen-bond acceptors (Lipinski definition) is 4. The number of methoxy groups -OCH3 is 1. The van der Waals surface area contributed by atoms with Gasteiger partial charge in [-0.1, -0.05) is 0 Å². The van der Waals surface area contributed by atoms with Crippen molar-refractivity contribution in [1.29, 1.82) is 0 Å². The molecule has 0 saturated carbocycles. The molecule has 1 aromatic rings. The topological polar surface area (TPSA) is 72.6 Å². The molecule has 0 fully saturated rings. The summed E-state index contributed by atoms with van der Waals surface area (Å²) in [5.74, 6) is -3.22. The lowest BCUT2D eigenvalue weighted by atomic mass is 10.3. The molecule has 5 nitrogen and oxygen atoms in total. The minimum atomic E-state index is -4.84. The Balaban J connectivity index is 2.93. The molecule has 0 saturated heterocycles. The molecule has 0 aliphatic rings. The summed E-state index contributed by atoms with van der Waals surface area (Å²) >= 11 is 0. The first-order valence-electron chi connectivity index (χ1n) is 4.65. The van der Waals surface area contributed by atoms with Crippen LogP contribution in [0.5, 0.6) is 0 Å². The molecular weight excluding hydrogens is 243 g/mol. The van der Waals surface area contributed by atoms with E-state index in [0.29, 0.717) is 13.0 Å². The van der Waals surface area contributed by atoms with Crippen LogP contribution < -0.4 is 0 Å². The van der Waals surface area contributed by atoms with Gasteiger partial charge in [-0.3, -0.25) is 0 Å². The van der Waals surface area contributed by atoms with E-state index in [0.717, 1.165) is 0 Å². The van der Waals surface area contributed by atoms with Crippen molar-refractivity contribution < 1.29 is 32.2 Å². The Labute approximate surface area is 94.2 Å². The molecule has 17 heavy (non-hydrogen) atoms. The number of aryl methyl sites for hydroxylation is 1. The van der Waals surface area contributed by atoms with Gasteiger partial charge in [0.1, 0.15) is 0 Å². The second-order valence-corrected chi connectivity index (χ2v) is 3.18. The van der Waals surface area contributed by atoms with Gasteiger partial charge in [0.05, 0.1) is 0 Å². The van der Waals surface area contributed by atoms with E-state index >= 15 is 0 Å². The lowest BCUT2D eigenvalue weighted by molar-refractivity contribution is -0.141. The van der Waals surface area contributed by atoms with Crippen molar-refractivity contribution >= 4 is 5.97 Å². The summed E-state index contributed by atoms with van der Waals surface area (Å²) in [4.78, 5) is 13.7. The number of halogens is 3. The highest BCUT2D eigenvalue weighted by Gasteiger charge is 2.41. The largest absolute Gasteiger partial charge is 0.475 e. The van der Waals surface area contributed by atoms with E-state index in [4.69, 9.17) is 9.84 Å². The first kappa shape index (κ1) is 13.5. The molecular formula is C9H10F3NO4. The van der Waals surface area contributed by atoms with Crippen LogP contribution >= 0.6 is 0 Å². The van der Waals surface area contributed by atoms with Gasteiger partial charge in [0.15, 0.2) is 11.6 Å². The fourth-order valence-electron chi connectivity index (χ4n) is 1.18. The molecule has 8 heteroatoms. The van der Waals surface area contributed by atoms with Crippen LogP contribution in [-0.2, 0) is 17.3 Å². The van der Waals surface area contributed by atoms with Crippen LogP contribution in [-0.4, -0.2) is 29.8 Å². The zero-order valence-electron chi connectivity index (χ0n) is 8.87. The summed E-state index contributed by atoms with van der Waals surface area (Å²) in [5.41, 5.74) is -1.50. The maximum Gasteiger partial charge on any atom is 0.437 e. The van der Waals surface area contributed by atoms with E-state index in [-0.39, 0.29) is 12.3 Å². The van der Waals surface area contributed by atoms with Gasteiger partial charge in [0, 0.05) is 20.1 Å². The van der Waals surface area contributed by atoms with Gasteiger partial charge in [0.2, 0.25) is 5.76 Å². The predicted molar refractivity (Wildman–Crippen MR) is 48.7 cm³/mol. The average Bonchev–Trinajstić information content (AvgIpc) is 2.62. The summed E-state index contributed by atoms with van der Waals surface area (Å²) in [5, 5.41) is 8.56. The van der Waals surface area contributed by atoms with Crippen LogP contribution in [0.2, 0.25) is 0 Å². The Morgan fingerprint density at radius 3 is 2.59 bits per heavy atom. The molecule has 0 bridgehead atoms. The van der Waals surface area contributed by atoms with Crippen LogP contribution in [0.3, 0.4) is 0 Å². The van der Waals surface area contributed by atoms with E-state index < -0.39 is 23.6 Å². The molecule has 0 unspecified atom stereocenters. The number of carboxylic acid groups (broad SMARTS) is 1. The summed E-state index contributed by atoms with van der Waals surface area (Å²) in [6, 6.07) is 0. The minimum Gasteiger partial charge on any atom is -0.475 e. The quantitative estimate of drug-likeness (QED) is 0.812. The molecule has 0 amide bonds. The van der Waals surface area contributed by atoms with Crippen molar-refractivity contribution in [2.24, 2.45) is 0 Å². The summed E-state index contributed by atoms with van der Waals surface area (Å²) in [6.07, 6.45) is -4.35. The van der Waals surface area contributed by atoms with Gasteiger partial charge in [0.25, 0.3) is 0 Å². The van der Waals surface area contributed by atoms with Crippen molar-refractivity contribution in [3.8, 4) is 0 Å². The maximum absolute atomic E-state index is 12.4. The molecule has 1 rings (SSSR count). The highest BCUT2D eigenvalue weighted by atomic mass is 19.4. The van der Waals surface area contributed by atoms with Crippen molar-refractivity contribution in [1.82, 2.24) is 4.98 Å². The van der Waals surface area contributed by atoms with Crippen LogP contribution in [0.4, 0.5) is 13.2 Å². The fraction of sp³-hybridized carbons (Fsp3) is 0.556. The minimum absolute atomic E-state index is 0.0875. The zero-order valence-corrected chi connectivity index (χ0v) is 8.87. The summed E-state index contributed by atoms with van der Waals surface area (Å²) < 4.78 is 46.5. The molecule has 0 radical (unpaired) electrons. The van der Waals surface area contributed by atoms with Gasteiger partial charge < -0.3 is 14.3 Å². The van der Waals surface area contributed by atoms with Crippen LogP contribution in [0, 0.1) is 0 Å². The Bertz CT molecular complexity index is 399. The lowest BCUT2D eigenvalue weighted by Crippen LogP contribution is -2.11. The highest BCUT2D eigenvalue weighted by Crippen LogP contribution is 2.32. The smallest absolute Gasteiger partial charge is 0.437 e. The molecule has 0 aliphatic heterocycles. The first-order chi connectivity index (χ1) is 7.86. The molecule has 1 aromatic heterocycles. The molecule has 1 heterocycles. The molecule has 0 spiro atoms. The monoisotopic (exact) mass is 253 g/mol. The van der Waals surface area contributed by atoms with E-state index in [1.165, 1.54) is 7.11 Å². The number of aromatic nitrogens is 1. The van der Waals surface area contributed by atoms with E-state index in [1.807, 2.05) is 0 Å². The van der Waals surface area contributed by atoms with Gasteiger partial charge in [-0.2, -0.15) is 13.2 Å². The number of alkyl halides is 3. The number of carbonyl (C=O) groups is 1. The number of ether oxygens (including phenoxy) is 1. The summed E-state index contributed by atoms with van der Waals surface area (Å²) in [7, 11) is 1.44. The van der Waals surface area contributed by atoms with E-state index in [9.17, 15) is 18.0 Å². The molecule has 96 valence electrons. The maximum atomic E-state index is 12.4. The Morgan fingerprint density at radius 1 is 1.53 bits per heavy atom. The lowest BCUT2D eigenvalue weighted by Gasteiger charge is -2.00. The van der Waals surface area contributed by atoms with Crippen molar-refractivity contribution in [2.75, 3.05) is 13.7 Å². The van der Waals surface area contributed by atoms with Crippen LogP contribution in [0.15, 0.2) is 4.42 Å². The van der Waals surface area contributed by atoms with Crippen molar-refractivity contribution in [3.63, 3.8) is 0 Å². The first-order valence-corrected chi connectivity index (χ1v) is 4.65. The predicted octanol–water partition coefficient (Wildman–Crippen LogP) is 1.97. The summed E-state index contributed by atoms with van der Waals surface area (Å²) in [6.45, 7) is 0.326. The number of oxazole rings is 1. The Hall–Kier alpha value is -1.57. The average molecular weight is 253 g/mol. The van der Waals surface area contributed by atoms with Gasteiger partial charge in [-0.25, -0.2) is 9.78 Å². The molecule has 0 aliphatic carbocycles. The highest BCUT2D eigenvalue weighted by molar-refractivity contribution is 5.85. The standard InChI is InChI=1S/C9H10F3NO4/c1-16-4-2-3-5-13-7(9(10,11)12)6(17-5)8(14)15/h2-4H2,1H3,(H,14,15). The van der Waals surface area contributed by atoms with Crippen LogP contribution in [0.25, 0.3) is 0 Å². The van der Waals surface area contributed by atoms with Gasteiger partial charge >= 0.3 is 12.1 Å². The SMILES string of the molecule is COCCCc1nc(C(F)(F)F)c(C(=O)O)o1. The Kier molecular flexibility index (Phi) is 4.11. The number of aromatic carboxylic acids is 1. The van der Waals surface area contributed by atoms with Gasteiger partial charge in [-0.15, -0.1) is 0 Å². The third-order valence-corrected chi connectivity index (χ3v) is 1.87. The normalized spacial score (nSPS) is 11.8. The van der Waals surface area contributed by atoms with Crippen molar-refractivity contribution in [2.45, 2.75) is 19.0 Å². The Morgan fingerprint density at radius 2 is 2.18 bits per heavy atom. The number of hydrogen-bond donors (Lipinski definition) is 1. The zero-order chi connectivity index (χ0) is 13.1. The number of rotatable bonds is 5. The second kappa shape index (κ2) is 5.17. The molecule has 0 aromatic carbocycles. The van der Waals surface area contributed by atoms with E-state index in [1.54, 1.807) is 0 Å². The fourth-order valence-corrected chi connectivity index (χ4v) is 1.18. The third-order valence-electron chi connectivity index (χ3n) is 1.87. The third kappa shape index (κ3) is 3.45. The number of carboxylic acids is 1. The molecule has 1 N–H and O–H groups in total. The van der Waals surface area contributed by atoms with Gasteiger partial charge in [-0.05, 0) is 6.42 Å². The second-order valence-electron chi connectivity index (χ2n) is 3.18. The van der Waals surface area contributed by atoms with Crippen molar-refractivity contribution in [3.05, 3.63) is 17.3 Å².